The van der Waals surface area contributed by atoms with Gasteiger partial charge in [0.2, 0.25) is 23.6 Å². The SMILES string of the molecule is Cc1ncsc1-c1ccc(CNC(=O)[C@@H]2C[C@@H](OC(=O)[C@@H](NC(=O)[C@@H](N)C(C)C)C(C)C)CN2C(=O)[C@@H](NC(=O)COCCCCOc2ccc(C(=O)NC3C(C)(C)C(Oc4ccc(C#N)c(Cl)c4)C3(C)C)cc2)C(C)(C)C)cc1. The predicted molar refractivity (Wildman–Crippen MR) is 306 cm³/mol. The molecule has 6 rings (SSSR count). The van der Waals surface area contributed by atoms with Crippen molar-refractivity contribution >= 4 is 58.4 Å². The van der Waals surface area contributed by atoms with Crippen molar-refractivity contribution in [1.29, 1.82) is 5.26 Å². The van der Waals surface area contributed by atoms with Gasteiger partial charge < -0.3 is 50.8 Å². The molecule has 3 aromatic carbocycles. The molecule has 2 heterocycles. The van der Waals surface area contributed by atoms with Crippen LogP contribution in [-0.2, 0) is 40.0 Å². The van der Waals surface area contributed by atoms with Crippen LogP contribution in [0.1, 0.15) is 123 Å². The molecule has 2 fully saturated rings. The first-order valence-corrected chi connectivity index (χ1v) is 28.5. The molecule has 0 unspecified atom stereocenters. The number of nitrogens with one attached hydrogen (secondary N) is 4. The molecule has 5 amide bonds. The molecule has 1 saturated carbocycles. The minimum Gasteiger partial charge on any atom is -0.494 e. The van der Waals surface area contributed by atoms with Crippen molar-refractivity contribution in [3.63, 3.8) is 0 Å². The normalized spacial score (nSPS) is 19.4. The number of hydrogen-bond donors (Lipinski definition) is 5. The van der Waals surface area contributed by atoms with E-state index < -0.39 is 76.1 Å². The number of benzene rings is 3. The fourth-order valence-corrected chi connectivity index (χ4v) is 11.5. The predicted octanol–water partition coefficient (Wildman–Crippen LogP) is 7.92. The van der Waals surface area contributed by atoms with Crippen molar-refractivity contribution < 1.29 is 47.7 Å². The van der Waals surface area contributed by atoms with Gasteiger partial charge in [-0.1, -0.05) is 112 Å². The summed E-state index contributed by atoms with van der Waals surface area (Å²) in [5.41, 5.74) is 9.82. The summed E-state index contributed by atoms with van der Waals surface area (Å²) in [5, 5.41) is 21.3. The second-order valence-corrected chi connectivity index (χ2v) is 25.0. The molecule has 0 bridgehead atoms. The number of halogens is 1. The number of nitriles is 1. The standard InChI is InChI=1S/C60H79ClN8O10S/c1-34(2)47(63)53(73)67-48(35(3)4)55(75)78-43-28-45(52(72)64-30-37-15-17-38(18-16-37)49-36(5)65-33-80-49)69(31-43)54(74)50(58(6,7)8)66-46(70)32-76-25-13-14-26-77-41-22-19-39(20-23-41)51(71)68-56-59(9,10)57(60(56,11)12)79-42-24-21-40(29-62)44(61)27-42/h15-24,27,33-35,43,45,47-48,50,56-57H,13-14,25-26,28,30-32,63H2,1-12H3,(H,64,72)(H,66,70)(H,67,73)(H,68,71)/t43-,45+,47+,48+,50-,56?,57?/m1/s1. The number of likely N-dealkylation sites (tertiary alicyclic amines) is 1. The number of esters is 1. The molecule has 4 aromatic rings. The molecule has 20 heteroatoms. The number of aryl methyl sites for hydroxylation is 1. The average Bonchev–Trinajstić information content (AvgIpc) is 4.05. The fraction of sp³-hybridized carbons (Fsp3) is 0.533. The Balaban J connectivity index is 0.991. The van der Waals surface area contributed by atoms with Crippen LogP contribution in [0.25, 0.3) is 10.4 Å². The lowest BCUT2D eigenvalue weighted by Crippen LogP contribution is -2.74. The van der Waals surface area contributed by atoms with Gasteiger partial charge in [-0.25, -0.2) is 9.78 Å². The van der Waals surface area contributed by atoms with E-state index in [2.05, 4.69) is 32.3 Å². The van der Waals surface area contributed by atoms with E-state index in [-0.39, 0.29) is 62.6 Å². The Kier molecular flexibility index (Phi) is 21.0. The van der Waals surface area contributed by atoms with Gasteiger partial charge in [0, 0.05) is 48.1 Å². The Morgan fingerprint density at radius 1 is 0.900 bits per heavy atom. The third kappa shape index (κ3) is 15.4. The largest absolute Gasteiger partial charge is 0.494 e. The molecular weight excluding hydrogens is 1060 g/mol. The second-order valence-electron chi connectivity index (χ2n) is 23.8. The lowest BCUT2D eigenvalue weighted by atomic mass is 9.49. The summed E-state index contributed by atoms with van der Waals surface area (Å²) < 4.78 is 24.0. The third-order valence-corrected chi connectivity index (χ3v) is 16.2. The highest BCUT2D eigenvalue weighted by atomic mass is 35.5. The van der Waals surface area contributed by atoms with Crippen molar-refractivity contribution in [2.24, 2.45) is 33.8 Å². The molecule has 80 heavy (non-hydrogen) atoms. The van der Waals surface area contributed by atoms with Gasteiger partial charge in [-0.15, -0.1) is 11.3 Å². The maximum atomic E-state index is 14.7. The molecule has 432 valence electrons. The maximum Gasteiger partial charge on any atom is 0.329 e. The van der Waals surface area contributed by atoms with Crippen LogP contribution in [0.5, 0.6) is 11.5 Å². The molecular formula is C60H79ClN8O10S. The number of ether oxygens (including phenoxy) is 4. The molecule has 2 aliphatic rings. The Bertz CT molecular complexity index is 2860. The van der Waals surface area contributed by atoms with Crippen molar-refractivity contribution in [3.8, 4) is 28.0 Å². The van der Waals surface area contributed by atoms with Crippen LogP contribution < -0.4 is 36.5 Å². The highest BCUT2D eigenvalue weighted by Crippen LogP contribution is 2.55. The van der Waals surface area contributed by atoms with Crippen molar-refractivity contribution in [2.45, 2.75) is 151 Å². The summed E-state index contributed by atoms with van der Waals surface area (Å²) in [5.74, 6) is -2.35. The monoisotopic (exact) mass is 1140 g/mol. The van der Waals surface area contributed by atoms with E-state index >= 15 is 0 Å². The molecule has 1 saturated heterocycles. The summed E-state index contributed by atoms with van der Waals surface area (Å²) in [7, 11) is 0. The highest BCUT2D eigenvalue weighted by Gasteiger charge is 2.64. The molecule has 6 N–H and O–H groups in total. The lowest BCUT2D eigenvalue weighted by molar-refractivity contribution is -0.164. The lowest BCUT2D eigenvalue weighted by Gasteiger charge is -2.63. The van der Waals surface area contributed by atoms with Gasteiger partial charge in [0.15, 0.2) is 0 Å². The zero-order chi connectivity index (χ0) is 58.9. The topological polar surface area (TPSA) is 253 Å². The summed E-state index contributed by atoms with van der Waals surface area (Å²) in [6.45, 7) is 23.0. The van der Waals surface area contributed by atoms with Crippen LogP contribution in [0.4, 0.5) is 0 Å². The van der Waals surface area contributed by atoms with Gasteiger partial charge in [-0.3, -0.25) is 24.0 Å². The first-order valence-electron chi connectivity index (χ1n) is 27.2. The van der Waals surface area contributed by atoms with Crippen molar-refractivity contribution in [2.75, 3.05) is 26.4 Å². The number of thiazole rings is 1. The van der Waals surface area contributed by atoms with E-state index in [1.54, 1.807) is 108 Å². The number of hydrogen-bond acceptors (Lipinski definition) is 14. The number of aromatic nitrogens is 1. The Morgan fingerprint density at radius 2 is 1.55 bits per heavy atom. The quantitative estimate of drug-likeness (QED) is 0.0331. The minimum absolute atomic E-state index is 0.0206. The summed E-state index contributed by atoms with van der Waals surface area (Å²) in [6.07, 6.45) is 0.00436. The van der Waals surface area contributed by atoms with Crippen LogP contribution in [-0.4, -0.2) is 114 Å². The van der Waals surface area contributed by atoms with Gasteiger partial charge in [0.1, 0.15) is 54.5 Å². The molecule has 18 nitrogen and oxygen atoms in total. The van der Waals surface area contributed by atoms with E-state index in [9.17, 15) is 34.0 Å². The Morgan fingerprint density at radius 3 is 2.14 bits per heavy atom. The number of nitrogens with two attached hydrogens (primary N) is 1. The molecule has 1 aliphatic heterocycles. The molecule has 1 aliphatic carbocycles. The second kappa shape index (κ2) is 26.8. The summed E-state index contributed by atoms with van der Waals surface area (Å²) in [6, 6.07) is 17.5. The van der Waals surface area contributed by atoms with E-state index in [0.717, 1.165) is 21.7 Å². The van der Waals surface area contributed by atoms with Gasteiger partial charge >= 0.3 is 5.97 Å². The number of rotatable bonds is 24. The molecule has 0 radical (unpaired) electrons. The van der Waals surface area contributed by atoms with Gasteiger partial charge in [0.05, 0.1) is 45.9 Å². The highest BCUT2D eigenvalue weighted by molar-refractivity contribution is 7.13. The maximum absolute atomic E-state index is 14.7. The Hall–Kier alpha value is -6.59. The van der Waals surface area contributed by atoms with Crippen LogP contribution in [0, 0.1) is 46.3 Å². The van der Waals surface area contributed by atoms with Crippen LogP contribution >= 0.6 is 22.9 Å². The van der Waals surface area contributed by atoms with Crippen LogP contribution in [0.2, 0.25) is 5.02 Å². The molecule has 0 spiro atoms. The molecule has 5 atom stereocenters. The summed E-state index contributed by atoms with van der Waals surface area (Å²) >= 11 is 7.80. The van der Waals surface area contributed by atoms with Crippen LogP contribution in [0.3, 0.4) is 0 Å². The van der Waals surface area contributed by atoms with Crippen molar-refractivity contribution in [3.05, 3.63) is 99.6 Å². The average molecular weight is 1140 g/mol. The minimum atomic E-state index is -1.09. The first-order chi connectivity index (χ1) is 37.6. The number of nitrogens with zero attached hydrogens (tertiary/aromatic N) is 3. The zero-order valence-corrected chi connectivity index (χ0v) is 49.6. The number of amides is 5. The van der Waals surface area contributed by atoms with E-state index in [1.807, 2.05) is 58.9 Å². The fourth-order valence-electron chi connectivity index (χ4n) is 10.5. The third-order valence-electron chi connectivity index (χ3n) is 14.9. The molecule has 1 aromatic heterocycles. The van der Waals surface area contributed by atoms with E-state index in [4.69, 9.17) is 36.3 Å². The van der Waals surface area contributed by atoms with Gasteiger partial charge in [-0.05, 0) is 84.5 Å². The number of carbonyl (C=O) groups excluding carboxylic acids is 6. The van der Waals surface area contributed by atoms with Crippen molar-refractivity contribution in [1.82, 2.24) is 31.2 Å². The van der Waals surface area contributed by atoms with Gasteiger partial charge in [-0.2, -0.15) is 5.26 Å². The van der Waals surface area contributed by atoms with E-state index in [1.165, 1.54) is 4.90 Å². The number of unbranched alkanes of at least 4 members (excludes halogenated alkanes) is 1. The summed E-state index contributed by atoms with van der Waals surface area (Å²) in [4.78, 5) is 89.2. The van der Waals surface area contributed by atoms with Gasteiger partial charge in [0.25, 0.3) is 5.91 Å². The zero-order valence-electron chi connectivity index (χ0n) is 48.1. The van der Waals surface area contributed by atoms with E-state index in [0.29, 0.717) is 47.1 Å². The smallest absolute Gasteiger partial charge is 0.329 e. The van der Waals surface area contributed by atoms with Crippen LogP contribution in [0.15, 0.2) is 72.2 Å². The number of carbonyl (C=O) groups is 6. The first kappa shape index (κ1) is 62.6. The Labute approximate surface area is 479 Å².